The molecule has 1 fully saturated rings. The summed E-state index contributed by atoms with van der Waals surface area (Å²) in [5.74, 6) is 0.151. The molecule has 1 rings (SSSR count). The summed E-state index contributed by atoms with van der Waals surface area (Å²) in [6, 6.07) is 0.0517. The third kappa shape index (κ3) is 4.56. The first-order valence-corrected chi connectivity index (χ1v) is 5.97. The highest BCUT2D eigenvalue weighted by molar-refractivity contribution is 14.1. The summed E-state index contributed by atoms with van der Waals surface area (Å²) in [6.07, 6.45) is 4.08. The number of carbonyl (C=O) groups excluding carboxylic acids is 1. The van der Waals surface area contributed by atoms with Gasteiger partial charge in [-0.2, -0.15) is 0 Å². The van der Waals surface area contributed by atoms with Crippen molar-refractivity contribution in [2.24, 2.45) is 0 Å². The van der Waals surface area contributed by atoms with Crippen LogP contribution in [0.5, 0.6) is 0 Å². The highest BCUT2D eigenvalue weighted by atomic mass is 127. The van der Waals surface area contributed by atoms with Gasteiger partial charge in [0.1, 0.15) is 23.0 Å². The van der Waals surface area contributed by atoms with Crippen LogP contribution < -0.4 is 10.6 Å². The number of rotatable bonds is 6. The summed E-state index contributed by atoms with van der Waals surface area (Å²) in [4.78, 5) is 11.5. The van der Waals surface area contributed by atoms with E-state index in [4.69, 9.17) is 3.07 Å². The molecule has 0 saturated carbocycles. The van der Waals surface area contributed by atoms with E-state index in [-0.39, 0.29) is 11.9 Å². The van der Waals surface area contributed by atoms with Gasteiger partial charge in [-0.15, -0.1) is 0 Å². The summed E-state index contributed by atoms with van der Waals surface area (Å²) in [7, 11) is 0. The van der Waals surface area contributed by atoms with Gasteiger partial charge < -0.3 is 13.7 Å². The third-order valence-corrected chi connectivity index (χ3v) is 2.76. The Labute approximate surface area is 98.8 Å². The maximum Gasteiger partial charge on any atom is 0.237 e. The fourth-order valence-electron chi connectivity index (χ4n) is 1.52. The molecule has 0 spiro atoms. The number of unbranched alkanes of at least 4 members (excludes halogenated alkanes) is 1. The smallest absolute Gasteiger partial charge is 0.237 e. The summed E-state index contributed by atoms with van der Waals surface area (Å²) in [6.45, 7) is 2.50. The lowest BCUT2D eigenvalue weighted by atomic mass is 10.2. The zero-order valence-corrected chi connectivity index (χ0v) is 10.4. The normalized spacial score (nSPS) is 21.1. The van der Waals surface area contributed by atoms with Gasteiger partial charge in [-0.25, -0.2) is 0 Å². The average Bonchev–Trinajstić information content (AvgIpc) is 2.70. The summed E-state index contributed by atoms with van der Waals surface area (Å²) >= 11 is 1.89. The molecule has 1 aliphatic rings. The van der Waals surface area contributed by atoms with Gasteiger partial charge in [0, 0.05) is 6.54 Å². The Hall–Kier alpha value is 0.120. The van der Waals surface area contributed by atoms with E-state index in [0.29, 0.717) is 0 Å². The number of amides is 1. The van der Waals surface area contributed by atoms with Crippen LogP contribution in [0.15, 0.2) is 0 Å². The van der Waals surface area contributed by atoms with Crippen LogP contribution in [-0.2, 0) is 7.86 Å². The predicted octanol–water partition coefficient (Wildman–Crippen LogP) is 1.00. The second-order valence-electron chi connectivity index (χ2n) is 3.46. The van der Waals surface area contributed by atoms with E-state index in [0.717, 1.165) is 45.4 Å². The van der Waals surface area contributed by atoms with Gasteiger partial charge >= 0.3 is 0 Å². The molecule has 5 heteroatoms. The molecule has 1 heterocycles. The largest absolute Gasteiger partial charge is 0.355 e. The SMILES string of the molecule is O=C(NCCCCOI)C1CCCN1. The topological polar surface area (TPSA) is 50.4 Å². The van der Waals surface area contributed by atoms with E-state index < -0.39 is 0 Å². The van der Waals surface area contributed by atoms with E-state index in [1.165, 1.54) is 0 Å². The van der Waals surface area contributed by atoms with Crippen LogP contribution in [0.2, 0.25) is 0 Å². The second kappa shape index (κ2) is 7.42. The van der Waals surface area contributed by atoms with Gasteiger partial charge in [-0.1, -0.05) is 0 Å². The molecule has 0 aliphatic carbocycles. The minimum atomic E-state index is 0.0517. The van der Waals surface area contributed by atoms with Crippen LogP contribution in [0.1, 0.15) is 25.7 Å². The van der Waals surface area contributed by atoms with Crippen LogP contribution in [0.3, 0.4) is 0 Å². The molecule has 1 aliphatic heterocycles. The van der Waals surface area contributed by atoms with Crippen molar-refractivity contribution < 1.29 is 7.86 Å². The highest BCUT2D eigenvalue weighted by Crippen LogP contribution is 2.04. The fraction of sp³-hybridized carbons (Fsp3) is 0.889. The van der Waals surface area contributed by atoms with Crippen molar-refractivity contribution in [2.45, 2.75) is 31.7 Å². The number of halogens is 1. The van der Waals surface area contributed by atoms with Crippen molar-refractivity contribution in [3.63, 3.8) is 0 Å². The molecule has 1 amide bonds. The van der Waals surface area contributed by atoms with Gasteiger partial charge in [0.2, 0.25) is 5.91 Å². The molecule has 0 aromatic rings. The lowest BCUT2D eigenvalue weighted by Gasteiger charge is -2.10. The minimum Gasteiger partial charge on any atom is -0.355 e. The number of hydrogen-bond acceptors (Lipinski definition) is 3. The van der Waals surface area contributed by atoms with Crippen molar-refractivity contribution >= 4 is 28.9 Å². The van der Waals surface area contributed by atoms with Crippen molar-refractivity contribution in [1.29, 1.82) is 0 Å². The Morgan fingerprint density at radius 2 is 2.43 bits per heavy atom. The maximum absolute atomic E-state index is 11.5. The molecule has 0 aromatic heterocycles. The van der Waals surface area contributed by atoms with Crippen molar-refractivity contribution in [2.75, 3.05) is 19.7 Å². The zero-order valence-electron chi connectivity index (χ0n) is 8.22. The molecule has 82 valence electrons. The molecule has 0 aromatic carbocycles. The van der Waals surface area contributed by atoms with E-state index in [1.54, 1.807) is 0 Å². The predicted molar refractivity (Wildman–Crippen MR) is 63.2 cm³/mol. The minimum absolute atomic E-state index is 0.0517. The summed E-state index contributed by atoms with van der Waals surface area (Å²) < 4.78 is 4.89. The Morgan fingerprint density at radius 3 is 3.07 bits per heavy atom. The molecule has 1 unspecified atom stereocenters. The first-order valence-electron chi connectivity index (χ1n) is 5.09. The molecule has 14 heavy (non-hydrogen) atoms. The van der Waals surface area contributed by atoms with E-state index >= 15 is 0 Å². The molecular weight excluding hydrogens is 295 g/mol. The summed E-state index contributed by atoms with van der Waals surface area (Å²) in [5.41, 5.74) is 0. The molecule has 4 nitrogen and oxygen atoms in total. The average molecular weight is 312 g/mol. The molecule has 1 saturated heterocycles. The standard InChI is InChI=1S/C9H17IN2O2/c10-14-7-2-1-5-12-9(13)8-4-3-6-11-8/h8,11H,1-7H2,(H,12,13). The van der Waals surface area contributed by atoms with Gasteiger partial charge in [-0.05, 0) is 32.2 Å². The lowest BCUT2D eigenvalue weighted by Crippen LogP contribution is -2.40. The monoisotopic (exact) mass is 312 g/mol. The van der Waals surface area contributed by atoms with Gasteiger partial charge in [0.25, 0.3) is 0 Å². The molecule has 2 N–H and O–H groups in total. The Morgan fingerprint density at radius 1 is 1.57 bits per heavy atom. The van der Waals surface area contributed by atoms with Crippen LogP contribution in [-0.4, -0.2) is 31.6 Å². The van der Waals surface area contributed by atoms with Crippen LogP contribution in [0.25, 0.3) is 0 Å². The Kier molecular flexibility index (Phi) is 6.46. The number of hydrogen-bond donors (Lipinski definition) is 2. The van der Waals surface area contributed by atoms with E-state index in [2.05, 4.69) is 10.6 Å². The van der Waals surface area contributed by atoms with Gasteiger partial charge in [0.15, 0.2) is 0 Å². The molecule has 0 radical (unpaired) electrons. The first kappa shape index (κ1) is 12.2. The lowest BCUT2D eigenvalue weighted by molar-refractivity contribution is -0.122. The van der Waals surface area contributed by atoms with Gasteiger partial charge in [0.05, 0.1) is 12.6 Å². The molecule has 0 bridgehead atoms. The van der Waals surface area contributed by atoms with Gasteiger partial charge in [-0.3, -0.25) is 4.79 Å². The third-order valence-electron chi connectivity index (χ3n) is 2.32. The van der Waals surface area contributed by atoms with E-state index in [9.17, 15) is 4.79 Å². The van der Waals surface area contributed by atoms with Crippen molar-refractivity contribution in [3.8, 4) is 0 Å². The molecule has 1 atom stereocenters. The second-order valence-corrected chi connectivity index (χ2v) is 4.08. The Bertz CT molecular complexity index is 172. The summed E-state index contributed by atoms with van der Waals surface area (Å²) in [5, 5.41) is 6.09. The number of nitrogens with one attached hydrogen (secondary N) is 2. The maximum atomic E-state index is 11.5. The molecular formula is C9H17IN2O2. The van der Waals surface area contributed by atoms with Crippen molar-refractivity contribution in [1.82, 2.24) is 10.6 Å². The van der Waals surface area contributed by atoms with E-state index in [1.807, 2.05) is 23.0 Å². The zero-order chi connectivity index (χ0) is 10.2. The quantitative estimate of drug-likeness (QED) is 0.568. The van der Waals surface area contributed by atoms with Crippen LogP contribution in [0, 0.1) is 0 Å². The highest BCUT2D eigenvalue weighted by Gasteiger charge is 2.20. The van der Waals surface area contributed by atoms with Crippen LogP contribution >= 0.6 is 23.0 Å². The first-order chi connectivity index (χ1) is 6.84. The number of carbonyl (C=O) groups is 1. The fourth-order valence-corrected chi connectivity index (χ4v) is 1.84. The van der Waals surface area contributed by atoms with Crippen LogP contribution in [0.4, 0.5) is 0 Å². The Balaban J connectivity index is 1.97. The van der Waals surface area contributed by atoms with Crippen molar-refractivity contribution in [3.05, 3.63) is 0 Å².